The highest BCUT2D eigenvalue weighted by molar-refractivity contribution is 5.83. The number of amidine groups is 1. The highest BCUT2D eigenvalue weighted by atomic mass is 15.1. The Hall–Kier alpha value is -0.530. The molecule has 0 N–H and O–H groups in total. The Bertz CT molecular complexity index is 136. The van der Waals surface area contributed by atoms with Crippen molar-refractivity contribution >= 4 is 5.84 Å². The van der Waals surface area contributed by atoms with Crippen LogP contribution in [-0.4, -0.2) is 31.9 Å². The molecule has 0 saturated carbocycles. The fourth-order valence-corrected chi connectivity index (χ4v) is 1.11. The molecule has 0 aromatic carbocycles. The lowest BCUT2D eigenvalue weighted by Crippen LogP contribution is -2.31. The van der Waals surface area contributed by atoms with Crippen LogP contribution in [0, 0.1) is 11.8 Å². The first-order valence-corrected chi connectivity index (χ1v) is 4.14. The van der Waals surface area contributed by atoms with E-state index in [4.69, 9.17) is 0 Å². The third-order valence-corrected chi connectivity index (χ3v) is 2.09. The van der Waals surface area contributed by atoms with Crippen LogP contribution in [0.25, 0.3) is 0 Å². The number of rotatable bonds is 2. The SMILES string of the molecule is C/N=C(/C(C)C(C)C)N(C)C. The first-order chi connectivity index (χ1) is 5.00. The second-order valence-electron chi connectivity index (χ2n) is 3.51. The summed E-state index contributed by atoms with van der Waals surface area (Å²) in [5.41, 5.74) is 0. The van der Waals surface area contributed by atoms with Crippen molar-refractivity contribution in [1.29, 1.82) is 0 Å². The predicted molar refractivity (Wildman–Crippen MR) is 51.0 cm³/mol. The minimum atomic E-state index is 0.551. The molecule has 1 unspecified atom stereocenters. The molecule has 0 spiro atoms. The molecule has 0 rings (SSSR count). The number of hydrogen-bond acceptors (Lipinski definition) is 1. The van der Waals surface area contributed by atoms with Gasteiger partial charge in [-0.25, -0.2) is 0 Å². The molecule has 0 fully saturated rings. The fourth-order valence-electron chi connectivity index (χ4n) is 1.11. The van der Waals surface area contributed by atoms with Crippen LogP contribution < -0.4 is 0 Å². The molecule has 0 amide bonds. The first-order valence-electron chi connectivity index (χ1n) is 4.14. The molecule has 0 heterocycles. The van der Waals surface area contributed by atoms with Crippen molar-refractivity contribution in [3.63, 3.8) is 0 Å². The van der Waals surface area contributed by atoms with E-state index >= 15 is 0 Å². The molecule has 2 nitrogen and oxygen atoms in total. The van der Waals surface area contributed by atoms with Gasteiger partial charge in [0.25, 0.3) is 0 Å². The van der Waals surface area contributed by atoms with E-state index in [0.29, 0.717) is 11.8 Å². The normalized spacial score (nSPS) is 15.4. The lowest BCUT2D eigenvalue weighted by molar-refractivity contribution is 0.469. The van der Waals surface area contributed by atoms with E-state index in [1.807, 2.05) is 21.1 Å². The summed E-state index contributed by atoms with van der Waals surface area (Å²) < 4.78 is 0. The van der Waals surface area contributed by atoms with Crippen molar-refractivity contribution in [2.24, 2.45) is 16.8 Å². The highest BCUT2D eigenvalue weighted by Gasteiger charge is 2.14. The average molecular weight is 156 g/mol. The van der Waals surface area contributed by atoms with Gasteiger partial charge in [0.15, 0.2) is 0 Å². The monoisotopic (exact) mass is 156 g/mol. The Balaban J connectivity index is 4.28. The van der Waals surface area contributed by atoms with Crippen LogP contribution in [-0.2, 0) is 0 Å². The molecule has 11 heavy (non-hydrogen) atoms. The minimum Gasteiger partial charge on any atom is -0.366 e. The summed E-state index contributed by atoms with van der Waals surface area (Å²) in [5.74, 6) is 2.39. The number of aliphatic imine (C=N–C) groups is 1. The van der Waals surface area contributed by atoms with E-state index in [1.54, 1.807) is 0 Å². The molecule has 0 aliphatic rings. The maximum absolute atomic E-state index is 4.25. The quantitative estimate of drug-likeness (QED) is 0.440. The van der Waals surface area contributed by atoms with Crippen molar-refractivity contribution in [2.75, 3.05) is 21.1 Å². The van der Waals surface area contributed by atoms with Gasteiger partial charge in [0.1, 0.15) is 5.84 Å². The zero-order valence-corrected chi connectivity index (χ0v) is 8.55. The molecule has 0 bridgehead atoms. The van der Waals surface area contributed by atoms with Gasteiger partial charge in [-0.05, 0) is 5.92 Å². The Kier molecular flexibility index (Phi) is 4.16. The standard InChI is InChI=1S/C9H20N2/c1-7(2)8(3)9(10-4)11(5)6/h7-8H,1-6H3/b10-9-. The summed E-state index contributed by atoms with van der Waals surface area (Å²) >= 11 is 0. The number of nitrogens with zero attached hydrogens (tertiary/aromatic N) is 2. The van der Waals surface area contributed by atoms with Gasteiger partial charge in [0, 0.05) is 27.1 Å². The smallest absolute Gasteiger partial charge is 0.101 e. The Morgan fingerprint density at radius 3 is 1.73 bits per heavy atom. The van der Waals surface area contributed by atoms with Gasteiger partial charge < -0.3 is 4.90 Å². The van der Waals surface area contributed by atoms with Gasteiger partial charge in [-0.2, -0.15) is 0 Å². The molecular formula is C9H20N2. The van der Waals surface area contributed by atoms with Crippen LogP contribution in [0.15, 0.2) is 4.99 Å². The zero-order chi connectivity index (χ0) is 9.02. The van der Waals surface area contributed by atoms with Crippen molar-refractivity contribution in [3.8, 4) is 0 Å². The fraction of sp³-hybridized carbons (Fsp3) is 0.889. The van der Waals surface area contributed by atoms with E-state index in [-0.39, 0.29) is 0 Å². The van der Waals surface area contributed by atoms with Gasteiger partial charge in [0.05, 0.1) is 0 Å². The second kappa shape index (κ2) is 4.37. The van der Waals surface area contributed by atoms with Crippen molar-refractivity contribution in [1.82, 2.24) is 4.90 Å². The van der Waals surface area contributed by atoms with Gasteiger partial charge in [-0.3, -0.25) is 4.99 Å². The van der Waals surface area contributed by atoms with Crippen molar-refractivity contribution < 1.29 is 0 Å². The lowest BCUT2D eigenvalue weighted by Gasteiger charge is -2.24. The topological polar surface area (TPSA) is 15.6 Å². The van der Waals surface area contributed by atoms with E-state index in [2.05, 4.69) is 30.7 Å². The summed E-state index contributed by atoms with van der Waals surface area (Å²) in [4.78, 5) is 6.34. The Morgan fingerprint density at radius 1 is 1.18 bits per heavy atom. The van der Waals surface area contributed by atoms with Crippen LogP contribution in [0.1, 0.15) is 20.8 Å². The van der Waals surface area contributed by atoms with Gasteiger partial charge in [0.2, 0.25) is 0 Å². The molecule has 66 valence electrons. The molecular weight excluding hydrogens is 136 g/mol. The van der Waals surface area contributed by atoms with Gasteiger partial charge in [-0.15, -0.1) is 0 Å². The van der Waals surface area contributed by atoms with Crippen LogP contribution in [0.4, 0.5) is 0 Å². The Labute approximate surface area is 70.3 Å². The lowest BCUT2D eigenvalue weighted by atomic mass is 9.96. The van der Waals surface area contributed by atoms with Gasteiger partial charge >= 0.3 is 0 Å². The maximum atomic E-state index is 4.25. The average Bonchev–Trinajstić information content (AvgIpc) is 1.88. The highest BCUT2D eigenvalue weighted by Crippen LogP contribution is 2.12. The van der Waals surface area contributed by atoms with E-state index in [9.17, 15) is 0 Å². The van der Waals surface area contributed by atoms with Crippen molar-refractivity contribution in [2.45, 2.75) is 20.8 Å². The molecule has 0 aromatic heterocycles. The first kappa shape index (κ1) is 10.5. The van der Waals surface area contributed by atoms with Gasteiger partial charge in [-0.1, -0.05) is 20.8 Å². The molecule has 0 aromatic rings. The molecule has 2 heteroatoms. The van der Waals surface area contributed by atoms with Crippen molar-refractivity contribution in [3.05, 3.63) is 0 Å². The van der Waals surface area contributed by atoms with Crippen LogP contribution in [0.5, 0.6) is 0 Å². The van der Waals surface area contributed by atoms with E-state index in [1.165, 1.54) is 5.84 Å². The van der Waals surface area contributed by atoms with Crippen LogP contribution in [0.2, 0.25) is 0 Å². The third-order valence-electron chi connectivity index (χ3n) is 2.09. The molecule has 0 saturated heterocycles. The summed E-state index contributed by atoms with van der Waals surface area (Å²) in [5, 5.41) is 0. The summed E-state index contributed by atoms with van der Waals surface area (Å²) in [7, 11) is 5.94. The molecule has 1 atom stereocenters. The molecule has 0 aliphatic carbocycles. The summed E-state index contributed by atoms with van der Waals surface area (Å²) in [6, 6.07) is 0. The number of hydrogen-bond donors (Lipinski definition) is 0. The summed E-state index contributed by atoms with van der Waals surface area (Å²) in [6.45, 7) is 6.66. The molecule has 0 radical (unpaired) electrons. The largest absolute Gasteiger partial charge is 0.366 e. The predicted octanol–water partition coefficient (Wildman–Crippen LogP) is 1.87. The maximum Gasteiger partial charge on any atom is 0.101 e. The van der Waals surface area contributed by atoms with E-state index < -0.39 is 0 Å². The zero-order valence-electron chi connectivity index (χ0n) is 8.55. The third kappa shape index (κ3) is 2.91. The Morgan fingerprint density at radius 2 is 1.64 bits per heavy atom. The minimum absolute atomic E-state index is 0.551. The second-order valence-corrected chi connectivity index (χ2v) is 3.51. The van der Waals surface area contributed by atoms with Crippen LogP contribution >= 0.6 is 0 Å². The van der Waals surface area contributed by atoms with Crippen LogP contribution in [0.3, 0.4) is 0 Å². The molecule has 0 aliphatic heterocycles. The summed E-state index contributed by atoms with van der Waals surface area (Å²) in [6.07, 6.45) is 0. The van der Waals surface area contributed by atoms with E-state index in [0.717, 1.165) is 0 Å².